The third kappa shape index (κ3) is 8.87. The maximum absolute atomic E-state index is 2.36. The van der Waals surface area contributed by atoms with Crippen molar-refractivity contribution in [2.75, 3.05) is 0 Å². The van der Waals surface area contributed by atoms with Crippen LogP contribution in [-0.2, 0) is 37.7 Å². The Balaban J connectivity index is 1.15. The Hall–Kier alpha value is -4.25. The number of hydrogen-bond acceptors (Lipinski definition) is 0. The highest BCUT2D eigenvalue weighted by Gasteiger charge is 2.13. The fourth-order valence-electron chi connectivity index (χ4n) is 5.72. The number of rotatable bonds is 12. The van der Waals surface area contributed by atoms with Gasteiger partial charge in [-0.2, -0.15) is 0 Å². The molecule has 0 fully saturated rings. The average Bonchev–Trinajstić information content (AvgIpc) is 3.05. The summed E-state index contributed by atoms with van der Waals surface area (Å²) in [5, 5.41) is 0. The highest BCUT2D eigenvalue weighted by atomic mass is 31.1. The van der Waals surface area contributed by atoms with Gasteiger partial charge in [-0.05, 0) is 87.8 Å². The van der Waals surface area contributed by atoms with E-state index < -0.39 is 0 Å². The Morgan fingerprint density at radius 2 is 0.442 bits per heavy atom. The second-order valence-electron chi connectivity index (χ2n) is 11.6. The van der Waals surface area contributed by atoms with E-state index in [1.807, 2.05) is 0 Å². The first-order valence-electron chi connectivity index (χ1n) is 15.3. The number of benzene rings is 6. The zero-order chi connectivity index (χ0) is 29.1. The van der Waals surface area contributed by atoms with E-state index in [0.29, 0.717) is 0 Å². The molecule has 0 aliphatic rings. The lowest BCUT2D eigenvalue weighted by Gasteiger charge is -2.19. The molecule has 0 aliphatic heterocycles. The topological polar surface area (TPSA) is 0 Å². The molecule has 0 radical (unpaired) electrons. The van der Waals surface area contributed by atoms with Crippen LogP contribution in [0.3, 0.4) is 0 Å². The van der Waals surface area contributed by atoms with Crippen LogP contribution in [0.5, 0.6) is 0 Å². The van der Waals surface area contributed by atoms with Gasteiger partial charge in [0.05, 0.1) is 0 Å². The zero-order valence-corrected chi connectivity index (χ0v) is 25.7. The van der Waals surface area contributed by atoms with Gasteiger partial charge in [0.1, 0.15) is 0 Å². The molecule has 0 unspecified atom stereocenters. The fourth-order valence-corrected chi connectivity index (χ4v) is 8.24. The molecule has 0 saturated carbocycles. The lowest BCUT2D eigenvalue weighted by Crippen LogP contribution is -1.96. The molecule has 6 rings (SSSR count). The molecule has 0 aromatic heterocycles. The minimum Gasteiger partial charge on any atom is -0.0932 e. The second kappa shape index (κ2) is 14.8. The van der Waals surface area contributed by atoms with Crippen LogP contribution in [0.2, 0.25) is 0 Å². The molecule has 0 spiro atoms. The van der Waals surface area contributed by atoms with Crippen molar-refractivity contribution in [1.82, 2.24) is 0 Å². The average molecular weight is 575 g/mol. The van der Waals surface area contributed by atoms with E-state index in [2.05, 4.69) is 164 Å². The highest BCUT2D eigenvalue weighted by Crippen LogP contribution is 2.46. The molecular formula is C42H39P. The molecule has 212 valence electrons. The van der Waals surface area contributed by atoms with Crippen molar-refractivity contribution in [2.45, 2.75) is 37.7 Å². The second-order valence-corrected chi connectivity index (χ2v) is 13.9. The van der Waals surface area contributed by atoms with Gasteiger partial charge >= 0.3 is 0 Å². The van der Waals surface area contributed by atoms with Gasteiger partial charge in [0, 0.05) is 0 Å². The van der Waals surface area contributed by atoms with Crippen molar-refractivity contribution < 1.29 is 0 Å². The van der Waals surface area contributed by atoms with Crippen molar-refractivity contribution in [3.63, 3.8) is 0 Å². The zero-order valence-electron chi connectivity index (χ0n) is 24.8. The molecule has 6 aromatic carbocycles. The van der Waals surface area contributed by atoms with E-state index in [-0.39, 0.29) is 7.92 Å². The van der Waals surface area contributed by atoms with Gasteiger partial charge in [0.25, 0.3) is 0 Å². The summed E-state index contributed by atoms with van der Waals surface area (Å²) >= 11 is 0. The van der Waals surface area contributed by atoms with Crippen molar-refractivity contribution in [3.8, 4) is 0 Å². The molecule has 0 atom stereocenters. The molecule has 43 heavy (non-hydrogen) atoms. The molecule has 0 heterocycles. The van der Waals surface area contributed by atoms with Gasteiger partial charge in [0.15, 0.2) is 0 Å². The van der Waals surface area contributed by atoms with Crippen LogP contribution in [0.4, 0.5) is 0 Å². The van der Waals surface area contributed by atoms with Crippen LogP contribution in [0.1, 0.15) is 50.1 Å². The van der Waals surface area contributed by atoms with Crippen molar-refractivity contribution in [3.05, 3.63) is 214 Å². The first-order chi connectivity index (χ1) is 21.2. The van der Waals surface area contributed by atoms with Gasteiger partial charge in [-0.1, -0.05) is 172 Å². The quantitative estimate of drug-likeness (QED) is 0.128. The third-order valence-electron chi connectivity index (χ3n) is 8.04. The van der Waals surface area contributed by atoms with Gasteiger partial charge in [-0.25, -0.2) is 0 Å². The van der Waals surface area contributed by atoms with E-state index in [1.165, 1.54) is 50.1 Å². The first-order valence-corrected chi connectivity index (χ1v) is 17.2. The van der Waals surface area contributed by atoms with E-state index in [1.54, 1.807) is 0 Å². The lowest BCUT2D eigenvalue weighted by molar-refractivity contribution is 1.17. The maximum atomic E-state index is 2.36. The predicted molar refractivity (Wildman–Crippen MR) is 185 cm³/mol. The first kappa shape index (κ1) is 28.9. The summed E-state index contributed by atoms with van der Waals surface area (Å²) in [4.78, 5) is 0. The normalized spacial score (nSPS) is 11.1. The predicted octanol–water partition coefficient (Wildman–Crippen LogP) is 10.8. The van der Waals surface area contributed by atoms with Crippen LogP contribution >= 0.6 is 7.92 Å². The van der Waals surface area contributed by atoms with Crippen LogP contribution in [0.25, 0.3) is 0 Å². The maximum Gasteiger partial charge on any atom is -0.00258 e. The molecule has 1 heteroatoms. The molecular weight excluding hydrogens is 535 g/mol. The molecule has 0 bridgehead atoms. The van der Waals surface area contributed by atoms with E-state index in [4.69, 9.17) is 0 Å². The summed E-state index contributed by atoms with van der Waals surface area (Å²) in [6.07, 6.45) is 6.37. The standard InChI is InChI=1S/C42H39P/c1-4-10-34(11-5-1)28-37-16-22-40(23-17-37)31-43(32-41-24-18-38(19-25-41)29-35-12-6-2-7-13-35)33-42-26-20-39(21-27-42)30-36-14-8-3-9-15-36/h1-27H,28-33H2. The molecule has 0 N–H and O–H groups in total. The summed E-state index contributed by atoms with van der Waals surface area (Å²) in [6, 6.07) is 60.4. The van der Waals surface area contributed by atoms with Crippen molar-refractivity contribution in [1.29, 1.82) is 0 Å². The van der Waals surface area contributed by atoms with Crippen LogP contribution in [-0.4, -0.2) is 0 Å². The van der Waals surface area contributed by atoms with Gasteiger partial charge in [0.2, 0.25) is 0 Å². The minimum atomic E-state index is -0.263. The fraction of sp³-hybridized carbons (Fsp3) is 0.143. The largest absolute Gasteiger partial charge is 0.0932 e. The summed E-state index contributed by atoms with van der Waals surface area (Å²) in [5.74, 6) is 0. The highest BCUT2D eigenvalue weighted by molar-refractivity contribution is 7.55. The minimum absolute atomic E-state index is 0.263. The summed E-state index contributed by atoms with van der Waals surface area (Å²) < 4.78 is 0. The Morgan fingerprint density at radius 3 is 0.698 bits per heavy atom. The van der Waals surface area contributed by atoms with Crippen molar-refractivity contribution >= 4 is 7.92 Å². The Labute approximate surface area is 258 Å². The summed E-state index contributed by atoms with van der Waals surface area (Å²) in [7, 11) is -0.263. The van der Waals surface area contributed by atoms with Crippen LogP contribution in [0.15, 0.2) is 164 Å². The summed E-state index contributed by atoms with van der Waals surface area (Å²) in [6.45, 7) is 0. The molecule has 0 aliphatic carbocycles. The molecule has 0 nitrogen and oxygen atoms in total. The van der Waals surface area contributed by atoms with Crippen LogP contribution in [0, 0.1) is 0 Å². The lowest BCUT2D eigenvalue weighted by atomic mass is 10.0. The Kier molecular flexibility index (Phi) is 9.91. The van der Waals surface area contributed by atoms with Crippen molar-refractivity contribution in [2.24, 2.45) is 0 Å². The van der Waals surface area contributed by atoms with E-state index >= 15 is 0 Å². The number of hydrogen-bond donors (Lipinski definition) is 0. The molecule has 0 saturated heterocycles. The SMILES string of the molecule is c1ccc(Cc2ccc(CP(Cc3ccc(Cc4ccccc4)cc3)Cc3ccc(Cc4ccccc4)cc3)cc2)cc1. The molecule has 0 amide bonds. The molecule has 6 aromatic rings. The summed E-state index contributed by atoms with van der Waals surface area (Å²) in [5.41, 5.74) is 12.6. The van der Waals surface area contributed by atoms with Crippen LogP contribution < -0.4 is 0 Å². The smallest absolute Gasteiger partial charge is 0.00258 e. The monoisotopic (exact) mass is 574 g/mol. The van der Waals surface area contributed by atoms with E-state index in [9.17, 15) is 0 Å². The Bertz CT molecular complexity index is 1450. The van der Waals surface area contributed by atoms with E-state index in [0.717, 1.165) is 37.7 Å². The van der Waals surface area contributed by atoms with Gasteiger partial charge in [-0.15, -0.1) is 0 Å². The Morgan fingerprint density at radius 1 is 0.233 bits per heavy atom. The van der Waals surface area contributed by atoms with Gasteiger partial charge in [-0.3, -0.25) is 0 Å². The van der Waals surface area contributed by atoms with Gasteiger partial charge < -0.3 is 0 Å². The third-order valence-corrected chi connectivity index (χ3v) is 10.5.